The summed E-state index contributed by atoms with van der Waals surface area (Å²) in [5.41, 5.74) is 1.07. The Bertz CT molecular complexity index is 1180. The predicted molar refractivity (Wildman–Crippen MR) is 122 cm³/mol. The Balaban J connectivity index is 1.64. The number of methoxy groups -OCH3 is 2. The molecule has 33 heavy (non-hydrogen) atoms. The molecule has 3 aromatic rings. The molecule has 1 aliphatic heterocycles. The van der Waals surface area contributed by atoms with Crippen LogP contribution in [0.3, 0.4) is 0 Å². The molecule has 0 radical (unpaired) electrons. The molecule has 0 amide bonds. The van der Waals surface area contributed by atoms with Crippen LogP contribution in [-0.2, 0) is 0 Å². The van der Waals surface area contributed by atoms with Gasteiger partial charge in [-0.25, -0.2) is 4.68 Å². The standard InChI is InChI=1S/C23H30N6O4/c1-32-19-12-14-11-17(23(31)24-18(14)13-20(19)33-2)21(28-9-7-16(30)8-10-28)22-25-26-27-29(22)15-5-3-4-6-15/h11-13,15-16,21,30H,3-10H2,1-2H3,(H,24,31)/t21-/m1/s1. The second-order valence-corrected chi connectivity index (χ2v) is 8.94. The first kappa shape index (κ1) is 21.8. The monoisotopic (exact) mass is 454 g/mol. The fraction of sp³-hybridized carbons (Fsp3) is 0.565. The molecule has 2 N–H and O–H groups in total. The van der Waals surface area contributed by atoms with Crippen LogP contribution in [0.5, 0.6) is 11.5 Å². The third kappa shape index (κ3) is 4.08. The van der Waals surface area contributed by atoms with Crippen molar-refractivity contribution in [1.82, 2.24) is 30.1 Å². The number of aliphatic hydroxyl groups excluding tert-OH is 1. The van der Waals surface area contributed by atoms with Crippen molar-refractivity contribution < 1.29 is 14.6 Å². The topological polar surface area (TPSA) is 118 Å². The largest absolute Gasteiger partial charge is 0.493 e. The number of likely N-dealkylation sites (tertiary alicyclic amines) is 1. The molecule has 2 aromatic heterocycles. The average Bonchev–Trinajstić information content (AvgIpc) is 3.52. The Morgan fingerprint density at radius 2 is 1.76 bits per heavy atom. The number of fused-ring (bicyclic) bond motifs is 1. The number of hydrogen-bond donors (Lipinski definition) is 2. The van der Waals surface area contributed by atoms with Gasteiger partial charge < -0.3 is 19.6 Å². The Morgan fingerprint density at radius 1 is 1.06 bits per heavy atom. The number of nitrogens with one attached hydrogen (secondary N) is 1. The lowest BCUT2D eigenvalue weighted by Gasteiger charge is -2.35. The molecule has 1 saturated carbocycles. The van der Waals surface area contributed by atoms with E-state index in [-0.39, 0.29) is 17.7 Å². The first-order valence-corrected chi connectivity index (χ1v) is 11.6. The molecule has 3 heterocycles. The van der Waals surface area contributed by atoms with Gasteiger partial charge in [0.05, 0.1) is 31.9 Å². The van der Waals surface area contributed by atoms with Crippen molar-refractivity contribution in [3.05, 3.63) is 39.9 Å². The van der Waals surface area contributed by atoms with E-state index in [0.29, 0.717) is 54.3 Å². The Hall–Kier alpha value is -2.98. The summed E-state index contributed by atoms with van der Waals surface area (Å²) >= 11 is 0. The molecule has 2 aliphatic rings. The van der Waals surface area contributed by atoms with Crippen LogP contribution in [0.1, 0.15) is 62.0 Å². The van der Waals surface area contributed by atoms with Crippen molar-refractivity contribution in [3.63, 3.8) is 0 Å². The average molecular weight is 455 g/mol. The summed E-state index contributed by atoms with van der Waals surface area (Å²) in [6.07, 6.45) is 5.37. The van der Waals surface area contributed by atoms with Gasteiger partial charge in [0.2, 0.25) is 0 Å². The lowest BCUT2D eigenvalue weighted by atomic mass is 9.99. The first-order chi connectivity index (χ1) is 16.1. The molecule has 0 unspecified atom stereocenters. The van der Waals surface area contributed by atoms with Crippen molar-refractivity contribution in [2.24, 2.45) is 0 Å². The van der Waals surface area contributed by atoms with Crippen LogP contribution in [0.15, 0.2) is 23.0 Å². The minimum absolute atomic E-state index is 0.188. The smallest absolute Gasteiger partial charge is 0.253 e. The molecule has 1 aliphatic carbocycles. The normalized spacial score (nSPS) is 19.2. The highest BCUT2D eigenvalue weighted by Gasteiger charge is 2.34. The zero-order valence-electron chi connectivity index (χ0n) is 19.0. The van der Waals surface area contributed by atoms with Crippen molar-refractivity contribution in [2.75, 3.05) is 27.3 Å². The van der Waals surface area contributed by atoms with Crippen molar-refractivity contribution in [3.8, 4) is 11.5 Å². The Labute approximate surface area is 191 Å². The second-order valence-electron chi connectivity index (χ2n) is 8.94. The molecule has 10 nitrogen and oxygen atoms in total. The molecule has 0 bridgehead atoms. The van der Waals surface area contributed by atoms with E-state index in [1.165, 1.54) is 0 Å². The van der Waals surface area contributed by atoms with Crippen molar-refractivity contribution in [2.45, 2.75) is 56.7 Å². The van der Waals surface area contributed by atoms with Gasteiger partial charge in [-0.05, 0) is 48.2 Å². The van der Waals surface area contributed by atoms with Gasteiger partial charge in [-0.1, -0.05) is 12.8 Å². The van der Waals surface area contributed by atoms with Gasteiger partial charge in [-0.2, -0.15) is 0 Å². The lowest BCUT2D eigenvalue weighted by Crippen LogP contribution is -2.42. The first-order valence-electron chi connectivity index (χ1n) is 11.6. The minimum atomic E-state index is -0.408. The number of H-pyrrole nitrogens is 1. The highest BCUT2D eigenvalue weighted by molar-refractivity contribution is 5.83. The summed E-state index contributed by atoms with van der Waals surface area (Å²) in [7, 11) is 3.16. The summed E-state index contributed by atoms with van der Waals surface area (Å²) in [5.74, 6) is 1.83. The van der Waals surface area contributed by atoms with E-state index < -0.39 is 6.04 Å². The molecule has 176 valence electrons. The van der Waals surface area contributed by atoms with Crippen LogP contribution in [0.25, 0.3) is 10.9 Å². The van der Waals surface area contributed by atoms with Crippen LogP contribution in [0.4, 0.5) is 0 Å². The second kappa shape index (κ2) is 9.11. The van der Waals surface area contributed by atoms with E-state index in [9.17, 15) is 9.90 Å². The maximum absolute atomic E-state index is 13.4. The minimum Gasteiger partial charge on any atom is -0.493 e. The van der Waals surface area contributed by atoms with E-state index in [1.807, 2.05) is 16.8 Å². The van der Waals surface area contributed by atoms with E-state index in [4.69, 9.17) is 9.47 Å². The van der Waals surface area contributed by atoms with E-state index in [2.05, 4.69) is 25.4 Å². The Morgan fingerprint density at radius 3 is 2.45 bits per heavy atom. The fourth-order valence-corrected chi connectivity index (χ4v) is 5.19. The molecule has 1 atom stereocenters. The summed E-state index contributed by atoms with van der Waals surface area (Å²) < 4.78 is 12.8. The highest BCUT2D eigenvalue weighted by atomic mass is 16.5. The summed E-state index contributed by atoms with van der Waals surface area (Å²) in [6, 6.07) is 5.38. The zero-order chi connectivity index (χ0) is 22.9. The number of benzene rings is 1. The number of rotatable bonds is 6. The third-order valence-corrected chi connectivity index (χ3v) is 6.97. The van der Waals surface area contributed by atoms with Gasteiger partial charge in [0.1, 0.15) is 6.04 Å². The van der Waals surface area contributed by atoms with Crippen LogP contribution in [0.2, 0.25) is 0 Å². The summed E-state index contributed by atoms with van der Waals surface area (Å²) in [5, 5.41) is 23.7. The summed E-state index contributed by atoms with van der Waals surface area (Å²) in [4.78, 5) is 18.6. The number of tetrazole rings is 1. The molecular weight excluding hydrogens is 424 g/mol. The van der Waals surface area contributed by atoms with Crippen molar-refractivity contribution >= 4 is 10.9 Å². The number of aromatic amines is 1. The van der Waals surface area contributed by atoms with Gasteiger partial charge in [0.15, 0.2) is 17.3 Å². The fourth-order valence-electron chi connectivity index (χ4n) is 5.19. The van der Waals surface area contributed by atoms with Crippen LogP contribution in [0, 0.1) is 0 Å². The van der Waals surface area contributed by atoms with E-state index in [0.717, 1.165) is 31.1 Å². The number of nitrogens with zero attached hydrogens (tertiary/aromatic N) is 5. The van der Waals surface area contributed by atoms with Gasteiger partial charge in [-0.3, -0.25) is 9.69 Å². The Kier molecular flexibility index (Phi) is 6.03. The van der Waals surface area contributed by atoms with E-state index in [1.54, 1.807) is 20.3 Å². The highest BCUT2D eigenvalue weighted by Crippen LogP contribution is 2.36. The maximum Gasteiger partial charge on any atom is 0.253 e. The lowest BCUT2D eigenvalue weighted by molar-refractivity contribution is 0.0654. The van der Waals surface area contributed by atoms with Crippen LogP contribution >= 0.6 is 0 Å². The van der Waals surface area contributed by atoms with E-state index >= 15 is 0 Å². The quantitative estimate of drug-likeness (QED) is 0.582. The van der Waals surface area contributed by atoms with Gasteiger partial charge in [-0.15, -0.1) is 5.10 Å². The number of aromatic nitrogens is 5. The maximum atomic E-state index is 13.4. The molecule has 10 heteroatoms. The molecule has 5 rings (SSSR count). The number of ether oxygens (including phenoxy) is 2. The SMILES string of the molecule is COc1cc2cc([C@H](c3nnnn3C3CCCC3)N3CCC(O)CC3)c(=O)[nH]c2cc1OC. The molecule has 1 aromatic carbocycles. The number of pyridine rings is 1. The van der Waals surface area contributed by atoms with Gasteiger partial charge >= 0.3 is 0 Å². The zero-order valence-corrected chi connectivity index (χ0v) is 19.0. The number of piperidine rings is 1. The van der Waals surface area contributed by atoms with Gasteiger partial charge in [0, 0.05) is 30.1 Å². The molecule has 1 saturated heterocycles. The molecular formula is C23H30N6O4. The van der Waals surface area contributed by atoms with Crippen molar-refractivity contribution in [1.29, 1.82) is 0 Å². The third-order valence-electron chi connectivity index (χ3n) is 6.97. The van der Waals surface area contributed by atoms with Crippen LogP contribution < -0.4 is 15.0 Å². The molecule has 2 fully saturated rings. The summed E-state index contributed by atoms with van der Waals surface area (Å²) in [6.45, 7) is 1.32. The van der Waals surface area contributed by atoms with Gasteiger partial charge in [0.25, 0.3) is 5.56 Å². The number of aliphatic hydroxyl groups is 1. The predicted octanol–water partition coefficient (Wildman–Crippen LogP) is 2.19. The number of hydrogen-bond acceptors (Lipinski definition) is 8. The van der Waals surface area contributed by atoms with Crippen LogP contribution in [-0.4, -0.2) is 68.6 Å². The molecule has 0 spiro atoms.